The van der Waals surface area contributed by atoms with E-state index in [1.54, 1.807) is 14.2 Å². The number of ether oxygens (including phenoxy) is 2. The summed E-state index contributed by atoms with van der Waals surface area (Å²) in [5.74, 6) is 1.57. The third kappa shape index (κ3) is 5.02. The molecule has 0 fully saturated rings. The van der Waals surface area contributed by atoms with Gasteiger partial charge in [0.05, 0.1) is 20.3 Å². The molecule has 0 bridgehead atoms. The van der Waals surface area contributed by atoms with E-state index in [2.05, 4.69) is 78.0 Å². The van der Waals surface area contributed by atoms with Gasteiger partial charge in [0.15, 0.2) is 11.5 Å². The van der Waals surface area contributed by atoms with Gasteiger partial charge in [0.25, 0.3) is 0 Å². The van der Waals surface area contributed by atoms with Crippen LogP contribution in [0, 0.1) is 0 Å². The van der Waals surface area contributed by atoms with Gasteiger partial charge in [-0.05, 0) is 61.2 Å². The SMILES string of the molecule is COc1ccc(CCN(C)CCC2=CC3=CC=CCC3Nc3ccccc32)cc1OC. The third-order valence-electron chi connectivity index (χ3n) is 6.14. The van der Waals surface area contributed by atoms with Crippen LogP contribution in [0.3, 0.4) is 0 Å². The molecule has 31 heavy (non-hydrogen) atoms. The first-order valence-electron chi connectivity index (χ1n) is 11.0. The zero-order valence-electron chi connectivity index (χ0n) is 18.7. The molecule has 4 heteroatoms. The first-order valence-corrected chi connectivity index (χ1v) is 11.0. The Morgan fingerprint density at radius 1 is 1.00 bits per heavy atom. The molecule has 2 aromatic carbocycles. The van der Waals surface area contributed by atoms with Crippen molar-refractivity contribution in [2.45, 2.75) is 25.3 Å². The summed E-state index contributed by atoms with van der Waals surface area (Å²) in [7, 11) is 5.56. The topological polar surface area (TPSA) is 33.7 Å². The van der Waals surface area contributed by atoms with Crippen molar-refractivity contribution in [1.82, 2.24) is 4.90 Å². The molecule has 4 rings (SSSR count). The number of para-hydroxylation sites is 1. The summed E-state index contributed by atoms with van der Waals surface area (Å²) in [6, 6.07) is 15.2. The lowest BCUT2D eigenvalue weighted by Gasteiger charge is -2.20. The molecule has 4 nitrogen and oxygen atoms in total. The number of likely N-dealkylation sites (N-methyl/N-ethyl adjacent to an activating group) is 1. The van der Waals surface area contributed by atoms with Gasteiger partial charge in [-0.1, -0.05) is 48.6 Å². The monoisotopic (exact) mass is 416 g/mol. The van der Waals surface area contributed by atoms with Crippen molar-refractivity contribution in [2.24, 2.45) is 0 Å². The van der Waals surface area contributed by atoms with Gasteiger partial charge >= 0.3 is 0 Å². The van der Waals surface area contributed by atoms with Crippen LogP contribution in [-0.4, -0.2) is 45.3 Å². The van der Waals surface area contributed by atoms with E-state index in [1.165, 1.54) is 28.0 Å². The molecule has 1 atom stereocenters. The predicted molar refractivity (Wildman–Crippen MR) is 129 cm³/mol. The van der Waals surface area contributed by atoms with Gasteiger partial charge in [0.1, 0.15) is 0 Å². The van der Waals surface area contributed by atoms with Crippen LogP contribution in [0.5, 0.6) is 11.5 Å². The van der Waals surface area contributed by atoms with Gasteiger partial charge in [-0.25, -0.2) is 0 Å². The molecular weight excluding hydrogens is 384 g/mol. The van der Waals surface area contributed by atoms with E-state index in [-0.39, 0.29) is 0 Å². The van der Waals surface area contributed by atoms with Crippen LogP contribution in [0.1, 0.15) is 24.0 Å². The Balaban J connectivity index is 1.41. The Morgan fingerprint density at radius 3 is 2.65 bits per heavy atom. The van der Waals surface area contributed by atoms with E-state index in [1.807, 2.05) is 6.07 Å². The summed E-state index contributed by atoms with van der Waals surface area (Å²) in [6.07, 6.45) is 12.1. The highest BCUT2D eigenvalue weighted by atomic mass is 16.5. The molecule has 162 valence electrons. The highest BCUT2D eigenvalue weighted by Gasteiger charge is 2.21. The number of fused-ring (bicyclic) bond motifs is 2. The number of allylic oxidation sites excluding steroid dienone is 2. The zero-order valence-corrected chi connectivity index (χ0v) is 18.7. The molecule has 0 spiro atoms. The molecular formula is C27H32N2O2. The van der Waals surface area contributed by atoms with Crippen LogP contribution in [0.4, 0.5) is 5.69 Å². The highest BCUT2D eigenvalue weighted by Crippen LogP contribution is 2.34. The van der Waals surface area contributed by atoms with Crippen molar-refractivity contribution < 1.29 is 9.47 Å². The van der Waals surface area contributed by atoms with Crippen LogP contribution in [0.15, 0.2) is 72.3 Å². The first-order chi connectivity index (χ1) is 15.2. The molecule has 2 aliphatic rings. The average molecular weight is 417 g/mol. The van der Waals surface area contributed by atoms with Crippen molar-refractivity contribution in [3.05, 3.63) is 83.5 Å². The molecule has 1 N–H and O–H groups in total. The molecule has 1 unspecified atom stereocenters. The van der Waals surface area contributed by atoms with Crippen molar-refractivity contribution in [1.29, 1.82) is 0 Å². The molecule has 0 amide bonds. The maximum atomic E-state index is 5.44. The Hall–Kier alpha value is -2.98. The normalized spacial score (nSPS) is 17.1. The van der Waals surface area contributed by atoms with E-state index in [0.29, 0.717) is 6.04 Å². The second-order valence-electron chi connectivity index (χ2n) is 8.24. The quantitative estimate of drug-likeness (QED) is 0.630. The summed E-state index contributed by atoms with van der Waals surface area (Å²) in [6.45, 7) is 2.01. The van der Waals surface area contributed by atoms with Crippen LogP contribution in [0.2, 0.25) is 0 Å². The predicted octanol–water partition coefficient (Wildman–Crippen LogP) is 5.33. The fourth-order valence-electron chi connectivity index (χ4n) is 4.28. The largest absolute Gasteiger partial charge is 0.493 e. The standard InChI is InChI=1S/C27H32N2O2/c1-29(16-14-20-12-13-26(30-2)27(18-20)31-3)17-15-21-19-22-8-4-6-10-24(22)28-25-11-7-5-9-23(21)25/h4-9,11-13,18-19,24,28H,10,14-17H2,1-3H3. The number of benzene rings is 2. The van der Waals surface area contributed by atoms with Gasteiger partial charge in [0, 0.05) is 24.3 Å². The number of nitrogens with one attached hydrogen (secondary N) is 1. The van der Waals surface area contributed by atoms with Crippen LogP contribution >= 0.6 is 0 Å². The second-order valence-corrected chi connectivity index (χ2v) is 8.24. The number of hydrogen-bond acceptors (Lipinski definition) is 4. The molecule has 0 saturated carbocycles. The maximum absolute atomic E-state index is 5.44. The van der Waals surface area contributed by atoms with Crippen LogP contribution in [0.25, 0.3) is 5.57 Å². The summed E-state index contributed by atoms with van der Waals surface area (Å²) >= 11 is 0. The van der Waals surface area contributed by atoms with Gasteiger partial charge in [0.2, 0.25) is 0 Å². The third-order valence-corrected chi connectivity index (χ3v) is 6.14. The van der Waals surface area contributed by atoms with Gasteiger partial charge < -0.3 is 19.7 Å². The fraction of sp³-hybridized carbons (Fsp3) is 0.333. The highest BCUT2D eigenvalue weighted by molar-refractivity contribution is 5.80. The van der Waals surface area contributed by atoms with E-state index in [0.717, 1.165) is 43.9 Å². The van der Waals surface area contributed by atoms with Crippen LogP contribution < -0.4 is 14.8 Å². The number of hydrogen-bond donors (Lipinski definition) is 1. The summed E-state index contributed by atoms with van der Waals surface area (Å²) in [5.41, 5.74) is 6.61. The average Bonchev–Trinajstić information content (AvgIpc) is 2.97. The van der Waals surface area contributed by atoms with Gasteiger partial charge in [-0.15, -0.1) is 0 Å². The Kier molecular flexibility index (Phi) is 6.78. The summed E-state index contributed by atoms with van der Waals surface area (Å²) in [5, 5.41) is 3.74. The molecule has 0 radical (unpaired) electrons. The smallest absolute Gasteiger partial charge is 0.160 e. The number of nitrogens with zero attached hydrogens (tertiary/aromatic N) is 1. The Labute approximate surface area is 185 Å². The van der Waals surface area contributed by atoms with Crippen molar-refractivity contribution in [3.8, 4) is 11.5 Å². The van der Waals surface area contributed by atoms with Crippen molar-refractivity contribution >= 4 is 11.3 Å². The van der Waals surface area contributed by atoms with Gasteiger partial charge in [-0.3, -0.25) is 0 Å². The Morgan fingerprint density at radius 2 is 1.81 bits per heavy atom. The summed E-state index contributed by atoms with van der Waals surface area (Å²) < 4.78 is 10.8. The number of rotatable bonds is 8. The second kappa shape index (κ2) is 9.88. The number of anilines is 1. The molecule has 0 aromatic heterocycles. The van der Waals surface area contributed by atoms with Crippen LogP contribution in [-0.2, 0) is 6.42 Å². The van der Waals surface area contributed by atoms with Crippen molar-refractivity contribution in [2.75, 3.05) is 39.7 Å². The zero-order chi connectivity index (χ0) is 21.6. The molecule has 2 aromatic rings. The molecule has 1 aliphatic carbocycles. The molecule has 1 heterocycles. The van der Waals surface area contributed by atoms with E-state index in [9.17, 15) is 0 Å². The lowest BCUT2D eigenvalue weighted by Crippen LogP contribution is -2.22. The number of methoxy groups -OCH3 is 2. The fourth-order valence-corrected chi connectivity index (χ4v) is 4.28. The first kappa shape index (κ1) is 21.3. The Bertz CT molecular complexity index is 1010. The van der Waals surface area contributed by atoms with E-state index >= 15 is 0 Å². The van der Waals surface area contributed by atoms with Gasteiger partial charge in [-0.2, -0.15) is 0 Å². The molecule has 1 aliphatic heterocycles. The minimum Gasteiger partial charge on any atom is -0.493 e. The molecule has 0 saturated heterocycles. The van der Waals surface area contributed by atoms with E-state index < -0.39 is 0 Å². The lowest BCUT2D eigenvalue weighted by atomic mass is 9.95. The lowest BCUT2D eigenvalue weighted by molar-refractivity contribution is 0.344. The minimum absolute atomic E-state index is 0.367. The van der Waals surface area contributed by atoms with Crippen molar-refractivity contribution in [3.63, 3.8) is 0 Å². The maximum Gasteiger partial charge on any atom is 0.160 e. The minimum atomic E-state index is 0.367. The summed E-state index contributed by atoms with van der Waals surface area (Å²) in [4.78, 5) is 2.41. The van der Waals surface area contributed by atoms with E-state index in [4.69, 9.17) is 9.47 Å².